The molecule has 3 rings (SSSR count). The maximum absolute atomic E-state index is 12.9. The maximum atomic E-state index is 12.9. The minimum Gasteiger partial charge on any atom is -0.305 e. The zero-order valence-corrected chi connectivity index (χ0v) is 14.7. The van der Waals surface area contributed by atoms with E-state index in [2.05, 4.69) is 0 Å². The summed E-state index contributed by atoms with van der Waals surface area (Å²) in [5.41, 5.74) is 3.20. The molecule has 1 aliphatic heterocycles. The van der Waals surface area contributed by atoms with E-state index in [1.807, 2.05) is 36.1 Å². The average Bonchev–Trinajstić information content (AvgIpc) is 2.88. The zero-order chi connectivity index (χ0) is 17.5. The van der Waals surface area contributed by atoms with Gasteiger partial charge in [-0.1, -0.05) is 18.2 Å². The van der Waals surface area contributed by atoms with E-state index in [0.29, 0.717) is 11.3 Å². The molecule has 0 spiro atoms. The lowest BCUT2D eigenvalue weighted by Crippen LogP contribution is -2.35. The first-order valence-corrected chi connectivity index (χ1v) is 9.59. The lowest BCUT2D eigenvalue weighted by molar-refractivity contribution is 0.0981. The predicted molar refractivity (Wildman–Crippen MR) is 96.1 cm³/mol. The summed E-state index contributed by atoms with van der Waals surface area (Å²) in [7, 11) is -1.82. The number of rotatable bonds is 3. The Labute approximate surface area is 142 Å². The van der Waals surface area contributed by atoms with E-state index in [0.717, 1.165) is 18.4 Å². The van der Waals surface area contributed by atoms with Crippen molar-refractivity contribution in [2.75, 3.05) is 22.5 Å². The molecule has 2 aromatic rings. The maximum Gasteiger partial charge on any atom is 0.258 e. The number of hydrogen-bond acceptors (Lipinski definition) is 3. The summed E-state index contributed by atoms with van der Waals surface area (Å²) in [5.74, 6) is -0.0685. The van der Waals surface area contributed by atoms with Crippen LogP contribution in [0.4, 0.5) is 11.4 Å². The third-order valence-corrected chi connectivity index (χ3v) is 5.61. The van der Waals surface area contributed by atoms with Crippen molar-refractivity contribution in [2.45, 2.75) is 19.4 Å². The standard InChI is InChI=1S/C18H20N2O3S/c1-13-12-15-6-4-5-7-17(15)20(13)18(21)14-8-10-16(11-9-14)19(2)24(3,22)23/h4-11,13H,12H2,1-3H3/t13-/m1/s1. The third-order valence-electron chi connectivity index (χ3n) is 4.40. The largest absolute Gasteiger partial charge is 0.305 e. The Balaban J connectivity index is 1.89. The van der Waals surface area contributed by atoms with Crippen LogP contribution in [0, 0.1) is 0 Å². The van der Waals surface area contributed by atoms with Gasteiger partial charge in [0.25, 0.3) is 5.91 Å². The molecule has 1 atom stereocenters. The summed E-state index contributed by atoms with van der Waals surface area (Å²) in [6, 6.07) is 14.7. The van der Waals surface area contributed by atoms with Crippen LogP contribution in [-0.2, 0) is 16.4 Å². The number of carbonyl (C=O) groups is 1. The monoisotopic (exact) mass is 344 g/mol. The van der Waals surface area contributed by atoms with Gasteiger partial charge >= 0.3 is 0 Å². The third kappa shape index (κ3) is 2.89. The van der Waals surface area contributed by atoms with Crippen LogP contribution in [-0.4, -0.2) is 33.7 Å². The van der Waals surface area contributed by atoms with Gasteiger partial charge in [-0.05, 0) is 49.2 Å². The number of benzene rings is 2. The lowest BCUT2D eigenvalue weighted by atomic mass is 10.1. The summed E-state index contributed by atoms with van der Waals surface area (Å²) >= 11 is 0. The van der Waals surface area contributed by atoms with Gasteiger partial charge < -0.3 is 4.90 Å². The highest BCUT2D eigenvalue weighted by Crippen LogP contribution is 2.33. The highest BCUT2D eigenvalue weighted by Gasteiger charge is 2.31. The van der Waals surface area contributed by atoms with Crippen LogP contribution in [0.5, 0.6) is 0 Å². The van der Waals surface area contributed by atoms with Crippen LogP contribution in [0.15, 0.2) is 48.5 Å². The number of sulfonamides is 1. The summed E-state index contributed by atoms with van der Waals surface area (Å²) in [4.78, 5) is 14.7. The van der Waals surface area contributed by atoms with E-state index >= 15 is 0 Å². The molecule has 2 aromatic carbocycles. The number of nitrogens with zero attached hydrogens (tertiary/aromatic N) is 2. The fourth-order valence-electron chi connectivity index (χ4n) is 3.02. The van der Waals surface area contributed by atoms with Crippen LogP contribution in [0.25, 0.3) is 0 Å². The molecule has 6 heteroatoms. The van der Waals surface area contributed by atoms with Crippen LogP contribution in [0.3, 0.4) is 0 Å². The molecule has 126 valence electrons. The minimum atomic E-state index is -3.32. The van der Waals surface area contributed by atoms with Crippen LogP contribution in [0.2, 0.25) is 0 Å². The highest BCUT2D eigenvalue weighted by molar-refractivity contribution is 7.92. The molecule has 5 nitrogen and oxygen atoms in total. The Morgan fingerprint density at radius 2 is 1.75 bits per heavy atom. The molecule has 1 amide bonds. The summed E-state index contributed by atoms with van der Waals surface area (Å²) in [5, 5.41) is 0. The summed E-state index contributed by atoms with van der Waals surface area (Å²) in [6.07, 6.45) is 1.99. The van der Waals surface area contributed by atoms with Crippen molar-refractivity contribution >= 4 is 27.3 Å². The molecule has 24 heavy (non-hydrogen) atoms. The molecule has 0 aliphatic carbocycles. The Kier molecular flexibility index (Phi) is 4.09. The predicted octanol–water partition coefficient (Wildman–Crippen LogP) is 2.67. The van der Waals surface area contributed by atoms with Gasteiger partial charge in [0.2, 0.25) is 10.0 Å². The minimum absolute atomic E-state index is 0.0685. The molecule has 0 fully saturated rings. The van der Waals surface area contributed by atoms with E-state index in [1.54, 1.807) is 24.3 Å². The molecule has 0 unspecified atom stereocenters. The van der Waals surface area contributed by atoms with E-state index in [-0.39, 0.29) is 11.9 Å². The average molecular weight is 344 g/mol. The number of amides is 1. The van der Waals surface area contributed by atoms with Crippen LogP contribution < -0.4 is 9.21 Å². The van der Waals surface area contributed by atoms with Gasteiger partial charge in [-0.25, -0.2) is 8.42 Å². The van der Waals surface area contributed by atoms with E-state index < -0.39 is 10.0 Å². The Bertz CT molecular complexity index is 875. The van der Waals surface area contributed by atoms with Crippen molar-refractivity contribution in [1.29, 1.82) is 0 Å². The van der Waals surface area contributed by atoms with Gasteiger partial charge in [0, 0.05) is 24.3 Å². The van der Waals surface area contributed by atoms with E-state index in [4.69, 9.17) is 0 Å². The SMILES string of the molecule is C[C@@H]1Cc2ccccc2N1C(=O)c1ccc(N(C)S(C)(=O)=O)cc1. The van der Waals surface area contributed by atoms with Crippen molar-refractivity contribution in [1.82, 2.24) is 0 Å². The van der Waals surface area contributed by atoms with Crippen molar-refractivity contribution in [2.24, 2.45) is 0 Å². The van der Waals surface area contributed by atoms with Crippen LogP contribution in [0.1, 0.15) is 22.8 Å². The van der Waals surface area contributed by atoms with Gasteiger partial charge in [-0.15, -0.1) is 0 Å². The van der Waals surface area contributed by atoms with E-state index in [9.17, 15) is 13.2 Å². The number of hydrogen-bond donors (Lipinski definition) is 0. The van der Waals surface area contributed by atoms with Crippen molar-refractivity contribution in [3.8, 4) is 0 Å². The molecule has 0 radical (unpaired) electrons. The van der Waals surface area contributed by atoms with Gasteiger partial charge in [0.05, 0.1) is 11.9 Å². The van der Waals surface area contributed by atoms with E-state index in [1.165, 1.54) is 16.9 Å². The molecule has 0 N–H and O–H groups in total. The van der Waals surface area contributed by atoms with Crippen LogP contribution >= 0.6 is 0 Å². The van der Waals surface area contributed by atoms with Crippen molar-refractivity contribution < 1.29 is 13.2 Å². The Morgan fingerprint density at radius 3 is 2.38 bits per heavy atom. The first kappa shape index (κ1) is 16.5. The molecule has 0 bridgehead atoms. The smallest absolute Gasteiger partial charge is 0.258 e. The fourth-order valence-corrected chi connectivity index (χ4v) is 3.52. The molecule has 1 aliphatic rings. The second kappa shape index (κ2) is 5.94. The first-order chi connectivity index (χ1) is 11.3. The molecule has 0 aromatic heterocycles. The van der Waals surface area contributed by atoms with Gasteiger partial charge in [-0.2, -0.15) is 0 Å². The fraction of sp³-hybridized carbons (Fsp3) is 0.278. The van der Waals surface area contributed by atoms with Gasteiger partial charge in [0.15, 0.2) is 0 Å². The zero-order valence-electron chi connectivity index (χ0n) is 13.9. The second-order valence-corrected chi connectivity index (χ2v) is 8.15. The Hall–Kier alpha value is -2.34. The first-order valence-electron chi connectivity index (χ1n) is 7.74. The number of fused-ring (bicyclic) bond motifs is 1. The molecule has 1 heterocycles. The number of para-hydroxylation sites is 1. The normalized spacial score (nSPS) is 16.8. The topological polar surface area (TPSA) is 57.7 Å². The number of carbonyl (C=O) groups excluding carboxylic acids is 1. The summed E-state index contributed by atoms with van der Waals surface area (Å²) < 4.78 is 24.4. The van der Waals surface area contributed by atoms with Gasteiger partial charge in [0.1, 0.15) is 0 Å². The molecular formula is C18H20N2O3S. The van der Waals surface area contributed by atoms with Gasteiger partial charge in [-0.3, -0.25) is 9.10 Å². The molecule has 0 saturated carbocycles. The molecule has 0 saturated heterocycles. The second-order valence-electron chi connectivity index (χ2n) is 6.13. The van der Waals surface area contributed by atoms with Crippen molar-refractivity contribution in [3.05, 3.63) is 59.7 Å². The molecular weight excluding hydrogens is 324 g/mol. The number of anilines is 2. The van der Waals surface area contributed by atoms with Crippen molar-refractivity contribution in [3.63, 3.8) is 0 Å². The highest BCUT2D eigenvalue weighted by atomic mass is 32.2. The summed E-state index contributed by atoms with van der Waals surface area (Å²) in [6.45, 7) is 2.03. The Morgan fingerprint density at radius 1 is 1.12 bits per heavy atom. The lowest BCUT2D eigenvalue weighted by Gasteiger charge is -2.23. The quantitative estimate of drug-likeness (QED) is 0.860.